The lowest BCUT2D eigenvalue weighted by Gasteiger charge is -2.25. The first-order chi connectivity index (χ1) is 14.9. The zero-order valence-corrected chi connectivity index (χ0v) is 19.4. The number of rotatable bonds is 7. The van der Waals surface area contributed by atoms with Crippen molar-refractivity contribution in [1.82, 2.24) is 14.4 Å². The molecule has 0 spiro atoms. The molecule has 0 bridgehead atoms. The summed E-state index contributed by atoms with van der Waals surface area (Å²) in [4.78, 5) is 4.90. The number of likely N-dealkylation sites (N-methyl/N-ethyl adjacent to an activating group) is 1. The molecule has 166 valence electrons. The smallest absolute Gasteiger partial charge is 0.161 e. The van der Waals surface area contributed by atoms with Gasteiger partial charge in [-0.1, -0.05) is 6.07 Å². The fraction of sp³-hybridized carbons (Fsp3) is 0.440. The van der Waals surface area contributed by atoms with Gasteiger partial charge in [0.1, 0.15) is 5.75 Å². The third kappa shape index (κ3) is 4.10. The van der Waals surface area contributed by atoms with E-state index >= 15 is 0 Å². The number of aromatic nitrogens is 1. The summed E-state index contributed by atoms with van der Waals surface area (Å²) in [5.41, 5.74) is 3.87. The molecule has 6 nitrogen and oxygen atoms in total. The molecule has 1 aliphatic heterocycles. The van der Waals surface area contributed by atoms with Crippen LogP contribution in [0.5, 0.6) is 17.2 Å². The molecule has 31 heavy (non-hydrogen) atoms. The van der Waals surface area contributed by atoms with Crippen LogP contribution < -0.4 is 14.2 Å². The topological polar surface area (TPSA) is 39.1 Å². The molecule has 0 unspecified atom stereocenters. The number of likely N-dealkylation sites (tertiary alicyclic amines) is 1. The summed E-state index contributed by atoms with van der Waals surface area (Å²) in [6, 6.07) is 13.0. The Balaban J connectivity index is 1.63. The summed E-state index contributed by atoms with van der Waals surface area (Å²) in [6.45, 7) is 2.91. The highest BCUT2D eigenvalue weighted by atomic mass is 16.5. The quantitative estimate of drug-likeness (QED) is 0.579. The minimum Gasteiger partial charge on any atom is -0.497 e. The summed E-state index contributed by atoms with van der Waals surface area (Å²) < 4.78 is 18.6. The molecule has 1 aromatic heterocycles. The van der Waals surface area contributed by atoms with Gasteiger partial charge in [-0.05, 0) is 55.6 Å². The van der Waals surface area contributed by atoms with Crippen molar-refractivity contribution in [2.45, 2.75) is 18.5 Å². The van der Waals surface area contributed by atoms with Crippen molar-refractivity contribution in [3.63, 3.8) is 0 Å². The predicted molar refractivity (Wildman–Crippen MR) is 125 cm³/mol. The highest BCUT2D eigenvalue weighted by Crippen LogP contribution is 2.38. The van der Waals surface area contributed by atoms with Crippen molar-refractivity contribution < 1.29 is 14.2 Å². The number of hydrogen-bond acceptors (Lipinski definition) is 5. The number of methoxy groups -OCH3 is 3. The first kappa shape index (κ1) is 21.5. The van der Waals surface area contributed by atoms with Crippen molar-refractivity contribution in [3.8, 4) is 17.2 Å². The van der Waals surface area contributed by atoms with Gasteiger partial charge in [0.25, 0.3) is 0 Å². The van der Waals surface area contributed by atoms with Crippen LogP contribution >= 0.6 is 0 Å². The summed E-state index contributed by atoms with van der Waals surface area (Å²) in [6.07, 6.45) is 2.30. The third-order valence-corrected chi connectivity index (χ3v) is 6.51. The van der Waals surface area contributed by atoms with E-state index < -0.39 is 0 Å². The molecule has 0 radical (unpaired) electrons. The van der Waals surface area contributed by atoms with Gasteiger partial charge in [-0.25, -0.2) is 0 Å². The lowest BCUT2D eigenvalue weighted by atomic mass is 9.93. The Morgan fingerprint density at radius 2 is 1.71 bits per heavy atom. The Hall–Kier alpha value is -2.70. The van der Waals surface area contributed by atoms with Gasteiger partial charge in [-0.3, -0.25) is 4.90 Å². The van der Waals surface area contributed by atoms with Crippen molar-refractivity contribution in [3.05, 3.63) is 53.7 Å². The molecule has 0 N–H and O–H groups in total. The molecule has 3 aromatic rings. The van der Waals surface area contributed by atoms with Crippen molar-refractivity contribution in [2.24, 2.45) is 7.05 Å². The highest BCUT2D eigenvalue weighted by Gasteiger charge is 2.36. The Labute approximate surface area is 184 Å². The number of aryl methyl sites for hydroxylation is 1. The summed E-state index contributed by atoms with van der Waals surface area (Å²) >= 11 is 0. The lowest BCUT2D eigenvalue weighted by Crippen LogP contribution is -2.34. The molecule has 0 saturated carbocycles. The van der Waals surface area contributed by atoms with Crippen LogP contribution in [0.25, 0.3) is 10.9 Å². The van der Waals surface area contributed by atoms with E-state index in [-0.39, 0.29) is 0 Å². The second-order valence-corrected chi connectivity index (χ2v) is 8.60. The van der Waals surface area contributed by atoms with Gasteiger partial charge >= 0.3 is 0 Å². The van der Waals surface area contributed by atoms with Crippen LogP contribution in [-0.4, -0.2) is 68.9 Å². The number of benzene rings is 2. The van der Waals surface area contributed by atoms with E-state index in [0.29, 0.717) is 12.0 Å². The van der Waals surface area contributed by atoms with E-state index in [1.807, 2.05) is 12.1 Å². The first-order valence-electron chi connectivity index (χ1n) is 10.7. The molecule has 1 fully saturated rings. The molecule has 2 heterocycles. The lowest BCUT2D eigenvalue weighted by molar-refractivity contribution is 0.259. The number of nitrogens with zero attached hydrogens (tertiary/aromatic N) is 3. The fourth-order valence-corrected chi connectivity index (χ4v) is 4.89. The first-order valence-corrected chi connectivity index (χ1v) is 10.7. The minimum atomic E-state index is 0.422. The maximum absolute atomic E-state index is 5.51. The van der Waals surface area contributed by atoms with Crippen LogP contribution in [0.1, 0.15) is 17.0 Å². The summed E-state index contributed by atoms with van der Waals surface area (Å²) in [7, 11) is 11.6. The van der Waals surface area contributed by atoms with E-state index in [2.05, 4.69) is 66.0 Å². The Morgan fingerprint density at radius 3 is 2.39 bits per heavy atom. The van der Waals surface area contributed by atoms with Crippen molar-refractivity contribution >= 4 is 10.9 Å². The predicted octanol–water partition coefficient (Wildman–Crippen LogP) is 3.73. The molecule has 1 aliphatic rings. The van der Waals surface area contributed by atoms with Crippen LogP contribution in [-0.2, 0) is 13.6 Å². The van der Waals surface area contributed by atoms with Gasteiger partial charge in [-0.15, -0.1) is 0 Å². The number of fused-ring (bicyclic) bond motifs is 1. The van der Waals surface area contributed by atoms with Crippen LogP contribution in [0, 0.1) is 0 Å². The minimum absolute atomic E-state index is 0.422. The SMILES string of the molecule is COc1ccc2c(c1)c([C@@H]1CN(Cc3ccc(OC)c(OC)c3)C[C@H]1N(C)C)cn2C. The molecule has 6 heteroatoms. The summed E-state index contributed by atoms with van der Waals surface area (Å²) in [5.74, 6) is 2.87. The maximum atomic E-state index is 5.51. The van der Waals surface area contributed by atoms with Crippen LogP contribution in [0.3, 0.4) is 0 Å². The molecular formula is C25H33N3O3. The van der Waals surface area contributed by atoms with E-state index in [4.69, 9.17) is 14.2 Å². The second kappa shape index (κ2) is 8.81. The Kier molecular flexibility index (Phi) is 6.12. The largest absolute Gasteiger partial charge is 0.497 e. The fourth-order valence-electron chi connectivity index (χ4n) is 4.89. The standard InChI is InChI=1S/C25H33N3O3/c1-26(2)23-16-28(13-17-7-10-24(30-5)25(11-17)31-6)15-21(23)20-14-27(3)22-9-8-18(29-4)12-19(20)22/h7-12,14,21,23H,13,15-16H2,1-6H3/t21-,23+/m0/s1. The average Bonchev–Trinajstić information content (AvgIpc) is 3.34. The third-order valence-electron chi connectivity index (χ3n) is 6.51. The monoisotopic (exact) mass is 423 g/mol. The van der Waals surface area contributed by atoms with Gasteiger partial charge in [0.2, 0.25) is 0 Å². The summed E-state index contributed by atoms with van der Waals surface area (Å²) in [5, 5.41) is 1.28. The molecule has 1 saturated heterocycles. The average molecular weight is 424 g/mol. The Morgan fingerprint density at radius 1 is 0.935 bits per heavy atom. The van der Waals surface area contributed by atoms with Gasteiger partial charge in [0, 0.05) is 55.7 Å². The molecule has 2 atom stereocenters. The van der Waals surface area contributed by atoms with Gasteiger partial charge < -0.3 is 23.7 Å². The van der Waals surface area contributed by atoms with Gasteiger partial charge in [0.05, 0.1) is 21.3 Å². The van der Waals surface area contributed by atoms with Crippen molar-refractivity contribution in [2.75, 3.05) is 48.5 Å². The van der Waals surface area contributed by atoms with Crippen LogP contribution in [0.15, 0.2) is 42.6 Å². The van der Waals surface area contributed by atoms with Crippen LogP contribution in [0.4, 0.5) is 0 Å². The highest BCUT2D eigenvalue weighted by molar-refractivity contribution is 5.86. The zero-order chi connectivity index (χ0) is 22.1. The molecule has 2 aromatic carbocycles. The Bertz CT molecular complexity index is 1060. The van der Waals surface area contributed by atoms with Crippen LogP contribution in [0.2, 0.25) is 0 Å². The number of hydrogen-bond donors (Lipinski definition) is 0. The van der Waals surface area contributed by atoms with E-state index in [9.17, 15) is 0 Å². The molecule has 4 rings (SSSR count). The van der Waals surface area contributed by atoms with Gasteiger partial charge in [0.15, 0.2) is 11.5 Å². The number of ether oxygens (including phenoxy) is 3. The zero-order valence-electron chi connectivity index (χ0n) is 19.4. The normalized spacial score (nSPS) is 19.3. The maximum Gasteiger partial charge on any atom is 0.161 e. The molecule has 0 amide bonds. The van der Waals surface area contributed by atoms with E-state index in [0.717, 1.165) is 36.9 Å². The second-order valence-electron chi connectivity index (χ2n) is 8.60. The van der Waals surface area contributed by atoms with E-state index in [1.165, 1.54) is 22.0 Å². The molecular weight excluding hydrogens is 390 g/mol. The molecule has 0 aliphatic carbocycles. The van der Waals surface area contributed by atoms with Gasteiger partial charge in [-0.2, -0.15) is 0 Å². The van der Waals surface area contributed by atoms with Crippen molar-refractivity contribution in [1.29, 1.82) is 0 Å². The van der Waals surface area contributed by atoms with E-state index in [1.54, 1.807) is 21.3 Å².